The van der Waals surface area contributed by atoms with E-state index in [1.54, 1.807) is 7.11 Å². The summed E-state index contributed by atoms with van der Waals surface area (Å²) in [5.74, 6) is 2.09. The third-order valence-electron chi connectivity index (χ3n) is 3.29. The van der Waals surface area contributed by atoms with Crippen LogP contribution in [0.25, 0.3) is 0 Å². The van der Waals surface area contributed by atoms with Crippen LogP contribution in [0.3, 0.4) is 0 Å². The van der Waals surface area contributed by atoms with Gasteiger partial charge in [-0.05, 0) is 24.6 Å². The second-order valence-electron chi connectivity index (χ2n) is 4.50. The highest BCUT2D eigenvalue weighted by atomic mass is 32.2. The summed E-state index contributed by atoms with van der Waals surface area (Å²) in [6, 6.07) is 6.88. The number of thioether (sulfide) groups is 1. The van der Waals surface area contributed by atoms with Crippen molar-refractivity contribution in [3.8, 4) is 5.75 Å². The van der Waals surface area contributed by atoms with Crippen LogP contribution < -0.4 is 10.1 Å². The molecular formula is C14H21NOS. The highest BCUT2D eigenvalue weighted by Gasteiger charge is 2.23. The van der Waals surface area contributed by atoms with E-state index in [0.29, 0.717) is 11.3 Å². The highest BCUT2D eigenvalue weighted by molar-refractivity contribution is 7.99. The first kappa shape index (κ1) is 12.8. The van der Waals surface area contributed by atoms with Crippen LogP contribution in [0.5, 0.6) is 5.75 Å². The molecule has 0 aromatic heterocycles. The number of benzene rings is 1. The maximum Gasteiger partial charge on any atom is 0.123 e. The van der Waals surface area contributed by atoms with Crippen LogP contribution in [-0.2, 0) is 5.75 Å². The molecule has 2 unspecified atom stereocenters. The molecule has 0 saturated carbocycles. The maximum atomic E-state index is 5.49. The summed E-state index contributed by atoms with van der Waals surface area (Å²) in [4.78, 5) is 0. The van der Waals surface area contributed by atoms with Crippen molar-refractivity contribution in [2.24, 2.45) is 0 Å². The van der Waals surface area contributed by atoms with Gasteiger partial charge in [-0.15, -0.1) is 0 Å². The van der Waals surface area contributed by atoms with E-state index in [1.807, 2.05) is 11.8 Å². The average molecular weight is 251 g/mol. The van der Waals surface area contributed by atoms with Crippen molar-refractivity contribution >= 4 is 11.8 Å². The number of ether oxygens (including phenoxy) is 1. The summed E-state index contributed by atoms with van der Waals surface area (Å²) in [7, 11) is 1.76. The Labute approximate surface area is 108 Å². The minimum atomic E-state index is 0.468. The molecule has 2 rings (SSSR count). The summed E-state index contributed by atoms with van der Waals surface area (Å²) in [5, 5.41) is 4.28. The summed E-state index contributed by atoms with van der Waals surface area (Å²) in [5.41, 5.74) is 2.79. The van der Waals surface area contributed by atoms with Gasteiger partial charge in [-0.25, -0.2) is 0 Å². The highest BCUT2D eigenvalue weighted by Crippen LogP contribution is 2.38. The van der Waals surface area contributed by atoms with Crippen LogP contribution in [0.4, 0.5) is 0 Å². The van der Waals surface area contributed by atoms with Crippen molar-refractivity contribution in [1.82, 2.24) is 5.32 Å². The standard InChI is InChI=1S/C14H21NOS/c1-4-15-13-8-10(2)17-9-12-11(13)6-5-7-14(12)16-3/h5-7,10,13,15H,4,8-9H2,1-3H3. The Bertz CT molecular complexity index is 380. The molecule has 1 heterocycles. The summed E-state index contributed by atoms with van der Waals surface area (Å²) >= 11 is 2.02. The second-order valence-corrected chi connectivity index (χ2v) is 5.92. The van der Waals surface area contributed by atoms with Crippen LogP contribution in [0.15, 0.2) is 18.2 Å². The lowest BCUT2D eigenvalue weighted by Gasteiger charge is -2.20. The monoisotopic (exact) mass is 251 g/mol. The van der Waals surface area contributed by atoms with Gasteiger partial charge in [-0.1, -0.05) is 26.0 Å². The van der Waals surface area contributed by atoms with Crippen molar-refractivity contribution in [3.05, 3.63) is 29.3 Å². The Hall–Kier alpha value is -0.670. The van der Waals surface area contributed by atoms with Crippen LogP contribution in [0, 0.1) is 0 Å². The fourth-order valence-electron chi connectivity index (χ4n) is 2.45. The van der Waals surface area contributed by atoms with E-state index in [2.05, 4.69) is 37.4 Å². The molecule has 0 radical (unpaired) electrons. The Morgan fingerprint density at radius 2 is 2.29 bits per heavy atom. The van der Waals surface area contributed by atoms with E-state index in [4.69, 9.17) is 4.74 Å². The molecule has 1 aromatic rings. The molecule has 3 heteroatoms. The normalized spacial score (nSPS) is 23.9. The molecule has 0 saturated heterocycles. The smallest absolute Gasteiger partial charge is 0.123 e. The molecule has 0 spiro atoms. The van der Waals surface area contributed by atoms with Gasteiger partial charge in [0.2, 0.25) is 0 Å². The number of rotatable bonds is 3. The SMILES string of the molecule is CCNC1CC(C)SCc2c(OC)cccc21. The van der Waals surface area contributed by atoms with Gasteiger partial charge in [0.05, 0.1) is 7.11 Å². The van der Waals surface area contributed by atoms with Crippen LogP contribution in [0.2, 0.25) is 0 Å². The molecular weight excluding hydrogens is 230 g/mol. The topological polar surface area (TPSA) is 21.3 Å². The first-order chi connectivity index (χ1) is 8.26. The third-order valence-corrected chi connectivity index (χ3v) is 4.51. The van der Waals surface area contributed by atoms with Gasteiger partial charge in [0, 0.05) is 22.6 Å². The van der Waals surface area contributed by atoms with Crippen molar-refractivity contribution < 1.29 is 4.74 Å². The molecule has 94 valence electrons. The largest absolute Gasteiger partial charge is 0.496 e. The van der Waals surface area contributed by atoms with Gasteiger partial charge in [-0.3, -0.25) is 0 Å². The number of hydrogen-bond donors (Lipinski definition) is 1. The molecule has 0 fully saturated rings. The number of fused-ring (bicyclic) bond motifs is 1. The minimum Gasteiger partial charge on any atom is -0.496 e. The molecule has 0 bridgehead atoms. The van der Waals surface area contributed by atoms with Crippen molar-refractivity contribution in [1.29, 1.82) is 0 Å². The third kappa shape index (κ3) is 2.78. The van der Waals surface area contributed by atoms with E-state index in [9.17, 15) is 0 Å². The first-order valence-corrected chi connectivity index (χ1v) is 7.31. The lowest BCUT2D eigenvalue weighted by molar-refractivity contribution is 0.409. The Balaban J connectivity index is 2.38. The molecule has 1 N–H and O–H groups in total. The van der Waals surface area contributed by atoms with E-state index < -0.39 is 0 Å². The summed E-state index contributed by atoms with van der Waals surface area (Å²) in [6.07, 6.45) is 1.19. The average Bonchev–Trinajstić information content (AvgIpc) is 2.50. The van der Waals surface area contributed by atoms with E-state index in [0.717, 1.165) is 18.0 Å². The molecule has 2 atom stereocenters. The van der Waals surface area contributed by atoms with Gasteiger partial charge in [0.15, 0.2) is 0 Å². The van der Waals surface area contributed by atoms with Gasteiger partial charge >= 0.3 is 0 Å². The summed E-state index contributed by atoms with van der Waals surface area (Å²) < 4.78 is 5.49. The fourth-order valence-corrected chi connectivity index (χ4v) is 3.54. The van der Waals surface area contributed by atoms with E-state index >= 15 is 0 Å². The summed E-state index contributed by atoms with van der Waals surface area (Å²) in [6.45, 7) is 5.49. The van der Waals surface area contributed by atoms with Crippen LogP contribution in [-0.4, -0.2) is 18.9 Å². The van der Waals surface area contributed by atoms with Crippen molar-refractivity contribution in [2.45, 2.75) is 37.3 Å². The lowest BCUT2D eigenvalue weighted by Crippen LogP contribution is -2.23. The van der Waals surface area contributed by atoms with Crippen molar-refractivity contribution in [2.75, 3.05) is 13.7 Å². The predicted octanol–water partition coefficient (Wildman–Crippen LogP) is 3.37. The molecule has 2 nitrogen and oxygen atoms in total. The zero-order valence-corrected chi connectivity index (χ0v) is 11.6. The van der Waals surface area contributed by atoms with Crippen LogP contribution in [0.1, 0.15) is 37.4 Å². The minimum absolute atomic E-state index is 0.468. The molecule has 1 aromatic carbocycles. The predicted molar refractivity (Wildman–Crippen MR) is 74.8 cm³/mol. The quantitative estimate of drug-likeness (QED) is 0.890. The zero-order chi connectivity index (χ0) is 12.3. The molecule has 1 aliphatic heterocycles. The van der Waals surface area contributed by atoms with Gasteiger partial charge in [0.1, 0.15) is 5.75 Å². The lowest BCUT2D eigenvalue weighted by atomic mass is 9.97. The second kappa shape index (κ2) is 5.78. The van der Waals surface area contributed by atoms with E-state index in [1.165, 1.54) is 17.5 Å². The van der Waals surface area contributed by atoms with Gasteiger partial charge < -0.3 is 10.1 Å². The fraction of sp³-hybridized carbons (Fsp3) is 0.571. The number of nitrogens with one attached hydrogen (secondary N) is 1. The van der Waals surface area contributed by atoms with Gasteiger partial charge in [-0.2, -0.15) is 11.8 Å². The van der Waals surface area contributed by atoms with E-state index in [-0.39, 0.29) is 0 Å². The first-order valence-electron chi connectivity index (χ1n) is 6.27. The maximum absolute atomic E-state index is 5.49. The number of methoxy groups -OCH3 is 1. The molecule has 17 heavy (non-hydrogen) atoms. The molecule has 1 aliphatic rings. The zero-order valence-electron chi connectivity index (χ0n) is 10.8. The Kier molecular flexibility index (Phi) is 4.35. The van der Waals surface area contributed by atoms with Crippen LogP contribution >= 0.6 is 11.8 Å². The Morgan fingerprint density at radius 1 is 1.47 bits per heavy atom. The Morgan fingerprint density at radius 3 is 3.00 bits per heavy atom. The number of hydrogen-bond acceptors (Lipinski definition) is 3. The molecule has 0 aliphatic carbocycles. The van der Waals surface area contributed by atoms with Crippen molar-refractivity contribution in [3.63, 3.8) is 0 Å². The van der Waals surface area contributed by atoms with Gasteiger partial charge in [0.25, 0.3) is 0 Å². The molecule has 0 amide bonds.